The average molecular weight is 532 g/mol. The standard InChI is InChI=1S/C21H23F3N4O.HI/c1-25-20(27-15-17-8-2-3-10-19(17)29-21(22,23)24)26-14-16-7-6-9-18(13-16)28-11-4-5-12-28;/h2-10,13H,11-12,14-15H2,1H3,(H2,25,26,27);1H. The zero-order chi connectivity index (χ0) is 20.7. The van der Waals surface area contributed by atoms with Crippen LogP contribution in [0.3, 0.4) is 0 Å². The Morgan fingerprint density at radius 3 is 2.43 bits per heavy atom. The first-order valence-corrected chi connectivity index (χ1v) is 9.21. The third kappa shape index (κ3) is 7.12. The zero-order valence-corrected chi connectivity index (χ0v) is 18.8. The molecular weight excluding hydrogens is 508 g/mol. The molecule has 1 heterocycles. The number of nitrogens with one attached hydrogen (secondary N) is 2. The normalized spacial score (nSPS) is 13.7. The molecule has 5 nitrogen and oxygen atoms in total. The summed E-state index contributed by atoms with van der Waals surface area (Å²) in [5, 5.41) is 6.21. The number of guanidine groups is 1. The van der Waals surface area contributed by atoms with Crippen molar-refractivity contribution in [3.05, 3.63) is 71.8 Å². The SMILES string of the molecule is CN=C(NCc1cccc(N2CC=CC2)c1)NCc1ccccc1OC(F)(F)F.I. The summed E-state index contributed by atoms with van der Waals surface area (Å²) in [6.45, 7) is 2.49. The highest BCUT2D eigenvalue weighted by molar-refractivity contribution is 14.0. The van der Waals surface area contributed by atoms with Gasteiger partial charge in [-0.1, -0.05) is 42.5 Å². The van der Waals surface area contributed by atoms with Crippen molar-refractivity contribution in [2.75, 3.05) is 25.0 Å². The molecule has 2 aromatic rings. The van der Waals surface area contributed by atoms with Crippen molar-refractivity contribution in [3.8, 4) is 5.75 Å². The Bertz CT molecular complexity index is 879. The summed E-state index contributed by atoms with van der Waals surface area (Å²) < 4.78 is 41.7. The molecule has 1 aliphatic heterocycles. The number of ether oxygens (including phenoxy) is 1. The summed E-state index contributed by atoms with van der Waals surface area (Å²) >= 11 is 0. The number of anilines is 1. The summed E-state index contributed by atoms with van der Waals surface area (Å²) in [6, 6.07) is 14.2. The first kappa shape index (κ1) is 23.8. The minimum Gasteiger partial charge on any atom is -0.405 e. The van der Waals surface area contributed by atoms with Crippen LogP contribution >= 0.6 is 24.0 Å². The molecule has 0 unspecified atom stereocenters. The Labute approximate surface area is 191 Å². The molecule has 0 bridgehead atoms. The lowest BCUT2D eigenvalue weighted by Crippen LogP contribution is -2.36. The van der Waals surface area contributed by atoms with E-state index < -0.39 is 6.36 Å². The predicted molar refractivity (Wildman–Crippen MR) is 123 cm³/mol. The van der Waals surface area contributed by atoms with Gasteiger partial charge in [-0.2, -0.15) is 0 Å². The van der Waals surface area contributed by atoms with Gasteiger partial charge in [-0.15, -0.1) is 37.1 Å². The quantitative estimate of drug-likeness (QED) is 0.250. The van der Waals surface area contributed by atoms with Crippen LogP contribution in [-0.4, -0.2) is 32.5 Å². The number of para-hydroxylation sites is 1. The molecule has 9 heteroatoms. The first-order chi connectivity index (χ1) is 13.9. The fourth-order valence-electron chi connectivity index (χ4n) is 3.01. The molecule has 0 aromatic heterocycles. The molecule has 0 radical (unpaired) electrons. The van der Waals surface area contributed by atoms with Gasteiger partial charge in [-0.25, -0.2) is 0 Å². The van der Waals surface area contributed by atoms with Gasteiger partial charge < -0.3 is 20.3 Å². The molecule has 30 heavy (non-hydrogen) atoms. The van der Waals surface area contributed by atoms with E-state index in [4.69, 9.17) is 0 Å². The second-order valence-corrected chi connectivity index (χ2v) is 6.48. The van der Waals surface area contributed by atoms with E-state index in [0.29, 0.717) is 18.1 Å². The molecule has 1 aliphatic rings. The summed E-state index contributed by atoms with van der Waals surface area (Å²) in [6.07, 6.45) is -0.458. The Hall–Kier alpha value is -2.43. The smallest absolute Gasteiger partial charge is 0.405 e. The second-order valence-electron chi connectivity index (χ2n) is 6.48. The lowest BCUT2D eigenvalue weighted by Gasteiger charge is -2.19. The van der Waals surface area contributed by atoms with Crippen LogP contribution in [0.25, 0.3) is 0 Å². The van der Waals surface area contributed by atoms with Crippen LogP contribution in [0.15, 0.2) is 65.7 Å². The minimum absolute atomic E-state index is 0. The largest absolute Gasteiger partial charge is 0.573 e. The Balaban J connectivity index is 0.00000320. The molecular formula is C21H24F3IN4O. The van der Waals surface area contributed by atoms with Gasteiger partial charge in [0.1, 0.15) is 5.75 Å². The van der Waals surface area contributed by atoms with E-state index in [9.17, 15) is 13.2 Å². The Kier molecular flexibility index (Phi) is 8.82. The maximum absolute atomic E-state index is 12.6. The molecule has 0 aliphatic carbocycles. The fourth-order valence-corrected chi connectivity index (χ4v) is 3.01. The molecule has 2 aromatic carbocycles. The van der Waals surface area contributed by atoms with Gasteiger partial charge in [0, 0.05) is 44.5 Å². The van der Waals surface area contributed by atoms with Crippen molar-refractivity contribution >= 4 is 35.6 Å². The summed E-state index contributed by atoms with van der Waals surface area (Å²) in [5.74, 6) is 0.259. The number of benzene rings is 2. The molecule has 0 saturated heterocycles. The number of hydrogen-bond acceptors (Lipinski definition) is 3. The van der Waals surface area contributed by atoms with E-state index in [1.807, 2.05) is 12.1 Å². The van der Waals surface area contributed by atoms with Crippen LogP contribution in [0.5, 0.6) is 5.75 Å². The van der Waals surface area contributed by atoms with Gasteiger partial charge in [0.2, 0.25) is 0 Å². The van der Waals surface area contributed by atoms with E-state index >= 15 is 0 Å². The first-order valence-electron chi connectivity index (χ1n) is 9.21. The lowest BCUT2D eigenvalue weighted by molar-refractivity contribution is -0.274. The average Bonchev–Trinajstić information content (AvgIpc) is 3.23. The van der Waals surface area contributed by atoms with Crippen molar-refractivity contribution in [1.29, 1.82) is 0 Å². The molecule has 0 fully saturated rings. The third-order valence-corrected chi connectivity index (χ3v) is 4.42. The van der Waals surface area contributed by atoms with Gasteiger partial charge in [0.15, 0.2) is 5.96 Å². The summed E-state index contributed by atoms with van der Waals surface area (Å²) in [4.78, 5) is 6.39. The van der Waals surface area contributed by atoms with Crippen molar-refractivity contribution in [3.63, 3.8) is 0 Å². The van der Waals surface area contributed by atoms with Crippen molar-refractivity contribution in [2.24, 2.45) is 4.99 Å². The van der Waals surface area contributed by atoms with Gasteiger partial charge in [0.05, 0.1) is 0 Å². The third-order valence-electron chi connectivity index (χ3n) is 4.42. The van der Waals surface area contributed by atoms with Crippen LogP contribution in [0.1, 0.15) is 11.1 Å². The molecule has 0 saturated carbocycles. The monoisotopic (exact) mass is 532 g/mol. The van der Waals surface area contributed by atoms with Crippen molar-refractivity contribution < 1.29 is 17.9 Å². The number of alkyl halides is 3. The predicted octanol–water partition coefficient (Wildman–Crippen LogP) is 4.44. The Morgan fingerprint density at radius 2 is 1.73 bits per heavy atom. The molecule has 2 N–H and O–H groups in total. The van der Waals surface area contributed by atoms with Crippen LogP contribution < -0.4 is 20.3 Å². The summed E-state index contributed by atoms with van der Waals surface area (Å²) in [7, 11) is 1.61. The number of aliphatic imine (C=N–C) groups is 1. The van der Waals surface area contributed by atoms with Crippen molar-refractivity contribution in [2.45, 2.75) is 19.5 Å². The van der Waals surface area contributed by atoms with Crippen molar-refractivity contribution in [1.82, 2.24) is 10.6 Å². The lowest BCUT2D eigenvalue weighted by atomic mass is 10.2. The zero-order valence-electron chi connectivity index (χ0n) is 16.4. The van der Waals surface area contributed by atoms with Gasteiger partial charge >= 0.3 is 6.36 Å². The van der Waals surface area contributed by atoms with Crippen LogP contribution in [0, 0.1) is 0 Å². The van der Waals surface area contributed by atoms with Crippen LogP contribution in [0.2, 0.25) is 0 Å². The second kappa shape index (κ2) is 11.1. The number of hydrogen-bond donors (Lipinski definition) is 2. The molecule has 0 spiro atoms. The number of halogens is 4. The van der Waals surface area contributed by atoms with Gasteiger partial charge in [-0.3, -0.25) is 4.99 Å². The maximum Gasteiger partial charge on any atom is 0.573 e. The van der Waals surface area contributed by atoms with E-state index in [1.54, 1.807) is 19.2 Å². The van der Waals surface area contributed by atoms with Crippen LogP contribution in [-0.2, 0) is 13.1 Å². The van der Waals surface area contributed by atoms with Crippen LogP contribution in [0.4, 0.5) is 18.9 Å². The summed E-state index contributed by atoms with van der Waals surface area (Å²) in [5.41, 5.74) is 2.62. The fraction of sp³-hybridized carbons (Fsp3) is 0.286. The minimum atomic E-state index is -4.73. The highest BCUT2D eigenvalue weighted by Crippen LogP contribution is 2.26. The van der Waals surface area contributed by atoms with Gasteiger partial charge in [-0.05, 0) is 23.8 Å². The van der Waals surface area contributed by atoms with Gasteiger partial charge in [0.25, 0.3) is 0 Å². The number of nitrogens with zero attached hydrogens (tertiary/aromatic N) is 2. The highest BCUT2D eigenvalue weighted by atomic mass is 127. The van der Waals surface area contributed by atoms with E-state index in [-0.39, 0.29) is 36.3 Å². The molecule has 0 atom stereocenters. The topological polar surface area (TPSA) is 48.9 Å². The van der Waals surface area contributed by atoms with E-state index in [0.717, 1.165) is 24.3 Å². The molecule has 0 amide bonds. The Morgan fingerprint density at radius 1 is 1.03 bits per heavy atom. The number of rotatable bonds is 6. The molecule has 3 rings (SSSR count). The maximum atomic E-state index is 12.6. The molecule has 162 valence electrons. The van der Waals surface area contributed by atoms with E-state index in [1.165, 1.54) is 12.1 Å². The van der Waals surface area contributed by atoms with E-state index in [2.05, 4.69) is 49.5 Å². The highest BCUT2D eigenvalue weighted by Gasteiger charge is 2.31.